The van der Waals surface area contributed by atoms with Crippen molar-refractivity contribution in [2.45, 2.75) is 5.25 Å². The molecule has 0 amide bonds. The summed E-state index contributed by atoms with van der Waals surface area (Å²) in [5.41, 5.74) is 7.99. The Bertz CT molecular complexity index is 601. The van der Waals surface area contributed by atoms with Gasteiger partial charge in [0.25, 0.3) is 0 Å². The number of thioether (sulfide) groups is 2. The normalized spacial score (nSPS) is 18.9. The first-order valence-corrected chi connectivity index (χ1v) is 9.33. The molecule has 1 aromatic heterocycles. The van der Waals surface area contributed by atoms with E-state index >= 15 is 0 Å². The molecular formula is C14H14BrN3S2. The van der Waals surface area contributed by atoms with E-state index < -0.39 is 0 Å². The molecule has 3 rings (SSSR count). The molecule has 20 heavy (non-hydrogen) atoms. The Labute approximate surface area is 135 Å². The van der Waals surface area contributed by atoms with Crippen molar-refractivity contribution in [2.24, 2.45) is 0 Å². The van der Waals surface area contributed by atoms with Crippen molar-refractivity contribution >= 4 is 45.3 Å². The zero-order valence-corrected chi connectivity index (χ0v) is 14.0. The highest BCUT2D eigenvalue weighted by Crippen LogP contribution is 2.38. The topological polar surface area (TPSA) is 51.8 Å². The van der Waals surface area contributed by atoms with Gasteiger partial charge in [-0.2, -0.15) is 11.8 Å². The lowest BCUT2D eigenvalue weighted by atomic mass is 10.1. The summed E-state index contributed by atoms with van der Waals surface area (Å²) in [4.78, 5) is 9.22. The average Bonchev–Trinajstić information content (AvgIpc) is 2.51. The number of anilines is 1. The van der Waals surface area contributed by atoms with Gasteiger partial charge < -0.3 is 5.73 Å². The van der Waals surface area contributed by atoms with Gasteiger partial charge in [-0.1, -0.05) is 30.3 Å². The van der Waals surface area contributed by atoms with Crippen LogP contribution in [0.3, 0.4) is 0 Å². The first-order chi connectivity index (χ1) is 9.75. The lowest BCUT2D eigenvalue weighted by Crippen LogP contribution is -2.12. The molecule has 1 aromatic carbocycles. The van der Waals surface area contributed by atoms with Gasteiger partial charge >= 0.3 is 0 Å². The van der Waals surface area contributed by atoms with Crippen LogP contribution >= 0.6 is 39.5 Å². The van der Waals surface area contributed by atoms with Crippen molar-refractivity contribution in [1.29, 1.82) is 0 Å². The number of hydrogen-bond donors (Lipinski definition) is 1. The minimum absolute atomic E-state index is 0.339. The Morgan fingerprint density at radius 1 is 1.15 bits per heavy atom. The highest BCUT2D eigenvalue weighted by Gasteiger charge is 2.22. The van der Waals surface area contributed by atoms with E-state index in [1.165, 1.54) is 5.75 Å². The number of nitrogens with zero attached hydrogens (tertiary/aromatic N) is 2. The molecule has 1 unspecified atom stereocenters. The molecule has 1 aliphatic rings. The minimum atomic E-state index is 0.339. The van der Waals surface area contributed by atoms with Crippen LogP contribution in [0, 0.1) is 0 Å². The Kier molecular flexibility index (Phi) is 4.53. The molecule has 6 heteroatoms. The summed E-state index contributed by atoms with van der Waals surface area (Å²) in [7, 11) is 0. The van der Waals surface area contributed by atoms with Gasteiger partial charge in [0.15, 0.2) is 0 Å². The van der Waals surface area contributed by atoms with E-state index in [4.69, 9.17) is 10.7 Å². The Morgan fingerprint density at radius 2 is 1.95 bits per heavy atom. The summed E-state index contributed by atoms with van der Waals surface area (Å²) in [5, 5.41) is 0.339. The maximum absolute atomic E-state index is 6.05. The van der Waals surface area contributed by atoms with Crippen molar-refractivity contribution in [1.82, 2.24) is 9.97 Å². The summed E-state index contributed by atoms with van der Waals surface area (Å²) in [5.74, 6) is 4.78. The van der Waals surface area contributed by atoms with Crippen LogP contribution in [0.25, 0.3) is 11.3 Å². The Morgan fingerprint density at radius 3 is 2.65 bits per heavy atom. The number of aromatic nitrogens is 2. The molecule has 2 N–H and O–H groups in total. The van der Waals surface area contributed by atoms with Crippen LogP contribution < -0.4 is 5.73 Å². The molecule has 1 fully saturated rings. The van der Waals surface area contributed by atoms with E-state index in [0.717, 1.165) is 33.1 Å². The molecule has 104 valence electrons. The summed E-state index contributed by atoms with van der Waals surface area (Å²) < 4.78 is 0.779. The lowest BCUT2D eigenvalue weighted by molar-refractivity contribution is 0.928. The molecule has 2 heterocycles. The standard InChI is InChI=1S/C14H14BrN3S2/c15-11-12(9-4-2-1-3-5-9)17-14(18-13(11)16)10-8-19-6-7-20-10/h1-5,10H,6-8H2,(H2,16,17,18). The fourth-order valence-corrected chi connectivity index (χ4v) is 5.06. The lowest BCUT2D eigenvalue weighted by Gasteiger charge is -2.20. The maximum atomic E-state index is 6.05. The largest absolute Gasteiger partial charge is 0.383 e. The summed E-state index contributed by atoms with van der Waals surface area (Å²) in [6.07, 6.45) is 0. The number of halogens is 1. The van der Waals surface area contributed by atoms with Crippen LogP contribution in [-0.2, 0) is 0 Å². The third-order valence-corrected chi connectivity index (χ3v) is 6.58. The Hall–Kier alpha value is -0.720. The van der Waals surface area contributed by atoms with Gasteiger partial charge in [0.1, 0.15) is 11.6 Å². The second-order valence-electron chi connectivity index (χ2n) is 4.43. The van der Waals surface area contributed by atoms with Crippen molar-refractivity contribution in [3.05, 3.63) is 40.6 Å². The molecule has 0 saturated carbocycles. The van der Waals surface area contributed by atoms with Gasteiger partial charge in [0, 0.05) is 22.8 Å². The van der Waals surface area contributed by atoms with Crippen molar-refractivity contribution in [2.75, 3.05) is 23.0 Å². The monoisotopic (exact) mass is 367 g/mol. The molecule has 1 atom stereocenters. The maximum Gasteiger partial charge on any atom is 0.145 e. The highest BCUT2D eigenvalue weighted by molar-refractivity contribution is 9.10. The molecule has 2 aromatic rings. The van der Waals surface area contributed by atoms with Crippen LogP contribution in [0.4, 0.5) is 5.82 Å². The third kappa shape index (κ3) is 2.97. The molecule has 0 radical (unpaired) electrons. The predicted molar refractivity (Wildman–Crippen MR) is 92.1 cm³/mol. The summed E-state index contributed by atoms with van der Waals surface area (Å²) in [6, 6.07) is 10.1. The molecular weight excluding hydrogens is 354 g/mol. The first-order valence-electron chi connectivity index (χ1n) is 6.33. The van der Waals surface area contributed by atoms with Gasteiger partial charge in [-0.3, -0.25) is 0 Å². The number of nitrogen functional groups attached to an aromatic ring is 1. The molecule has 0 bridgehead atoms. The third-order valence-electron chi connectivity index (χ3n) is 3.05. The second kappa shape index (κ2) is 6.37. The van der Waals surface area contributed by atoms with Crippen LogP contribution in [0.2, 0.25) is 0 Å². The van der Waals surface area contributed by atoms with Crippen molar-refractivity contribution < 1.29 is 0 Å². The van der Waals surface area contributed by atoms with Gasteiger partial charge in [-0.05, 0) is 15.9 Å². The van der Waals surface area contributed by atoms with E-state index in [1.54, 1.807) is 0 Å². The van der Waals surface area contributed by atoms with Crippen molar-refractivity contribution in [3.8, 4) is 11.3 Å². The molecule has 0 spiro atoms. The molecule has 1 aliphatic heterocycles. The zero-order chi connectivity index (χ0) is 13.9. The van der Waals surface area contributed by atoms with E-state index in [2.05, 4.69) is 20.9 Å². The zero-order valence-electron chi connectivity index (χ0n) is 10.8. The quantitative estimate of drug-likeness (QED) is 0.868. The van der Waals surface area contributed by atoms with E-state index in [-0.39, 0.29) is 0 Å². The summed E-state index contributed by atoms with van der Waals surface area (Å²) in [6.45, 7) is 0. The number of benzene rings is 1. The van der Waals surface area contributed by atoms with Gasteiger partial charge in [-0.25, -0.2) is 9.97 Å². The van der Waals surface area contributed by atoms with Crippen LogP contribution in [0.15, 0.2) is 34.8 Å². The minimum Gasteiger partial charge on any atom is -0.383 e. The highest BCUT2D eigenvalue weighted by atomic mass is 79.9. The van der Waals surface area contributed by atoms with Crippen LogP contribution in [0.5, 0.6) is 0 Å². The summed E-state index contributed by atoms with van der Waals surface area (Å²) >= 11 is 7.39. The average molecular weight is 368 g/mol. The Balaban J connectivity index is 2.03. The van der Waals surface area contributed by atoms with Gasteiger partial charge in [0.05, 0.1) is 15.4 Å². The molecule has 1 saturated heterocycles. The van der Waals surface area contributed by atoms with Crippen LogP contribution in [0.1, 0.15) is 11.1 Å². The second-order valence-corrected chi connectivity index (χ2v) is 7.68. The van der Waals surface area contributed by atoms with Crippen molar-refractivity contribution in [3.63, 3.8) is 0 Å². The number of nitrogens with two attached hydrogens (primary N) is 1. The van der Waals surface area contributed by atoms with E-state index in [1.807, 2.05) is 53.9 Å². The van der Waals surface area contributed by atoms with Gasteiger partial charge in [0.2, 0.25) is 0 Å². The number of rotatable bonds is 2. The fourth-order valence-electron chi connectivity index (χ4n) is 2.05. The molecule has 0 aliphatic carbocycles. The van der Waals surface area contributed by atoms with Gasteiger partial charge in [-0.15, -0.1) is 11.8 Å². The number of hydrogen-bond acceptors (Lipinski definition) is 5. The van der Waals surface area contributed by atoms with E-state index in [0.29, 0.717) is 11.1 Å². The van der Waals surface area contributed by atoms with Crippen LogP contribution in [-0.4, -0.2) is 27.2 Å². The van der Waals surface area contributed by atoms with E-state index in [9.17, 15) is 0 Å². The molecule has 3 nitrogen and oxygen atoms in total. The smallest absolute Gasteiger partial charge is 0.145 e. The predicted octanol–water partition coefficient (Wildman–Crippen LogP) is 4.01. The first kappa shape index (κ1) is 14.2. The SMILES string of the molecule is Nc1nc(C2CSCCS2)nc(-c2ccccc2)c1Br. The fraction of sp³-hybridized carbons (Fsp3) is 0.286.